The van der Waals surface area contributed by atoms with Crippen LogP contribution in [0.3, 0.4) is 0 Å². The molecule has 0 aliphatic rings. The monoisotopic (exact) mass is 370 g/mol. The summed E-state index contributed by atoms with van der Waals surface area (Å²) in [7, 11) is 1.71. The molecule has 0 heterocycles. The Balaban J connectivity index is 1.82. The highest BCUT2D eigenvalue weighted by atomic mass is 16.5. The molecule has 2 rings (SSSR count). The number of amides is 2. The van der Waals surface area contributed by atoms with Gasteiger partial charge in [0.25, 0.3) is 5.91 Å². The molecule has 0 aliphatic carbocycles. The van der Waals surface area contributed by atoms with Crippen molar-refractivity contribution in [2.75, 3.05) is 26.8 Å². The van der Waals surface area contributed by atoms with Gasteiger partial charge in [-0.25, -0.2) is 0 Å². The number of hydrogen-bond donors (Lipinski definition) is 1. The van der Waals surface area contributed by atoms with Crippen molar-refractivity contribution < 1.29 is 19.1 Å². The van der Waals surface area contributed by atoms with E-state index in [2.05, 4.69) is 5.32 Å². The van der Waals surface area contributed by atoms with Gasteiger partial charge in [0.05, 0.1) is 19.8 Å². The highest BCUT2D eigenvalue weighted by molar-refractivity contribution is 5.96. The first-order chi connectivity index (χ1) is 13.0. The molecule has 144 valence electrons. The summed E-state index contributed by atoms with van der Waals surface area (Å²) in [6, 6.07) is 14.4. The van der Waals surface area contributed by atoms with Crippen molar-refractivity contribution in [2.45, 2.75) is 20.4 Å². The van der Waals surface area contributed by atoms with Crippen LogP contribution in [0.5, 0.6) is 11.5 Å². The van der Waals surface area contributed by atoms with E-state index in [-0.39, 0.29) is 18.4 Å². The van der Waals surface area contributed by atoms with Crippen molar-refractivity contribution in [1.29, 1.82) is 0 Å². The lowest BCUT2D eigenvalue weighted by Crippen LogP contribution is -2.37. The van der Waals surface area contributed by atoms with E-state index in [0.717, 1.165) is 11.3 Å². The number of likely N-dealkylation sites (N-methyl/N-ethyl adjacent to an activating group) is 1. The minimum Gasteiger partial charge on any atom is -0.494 e. The van der Waals surface area contributed by atoms with Crippen LogP contribution in [-0.4, -0.2) is 43.5 Å². The Morgan fingerprint density at radius 3 is 1.93 bits per heavy atom. The molecule has 0 aliphatic heterocycles. The van der Waals surface area contributed by atoms with Crippen LogP contribution in [0.2, 0.25) is 0 Å². The summed E-state index contributed by atoms with van der Waals surface area (Å²) < 4.78 is 10.8. The molecule has 0 spiro atoms. The third kappa shape index (κ3) is 6.33. The summed E-state index contributed by atoms with van der Waals surface area (Å²) in [4.78, 5) is 26.0. The standard InChI is InChI=1S/C21H26N2O4/c1-4-26-18-10-6-16(7-11-18)15-23(3)20(24)14-22-21(25)17-8-12-19(13-9-17)27-5-2/h6-13H,4-5,14-15H2,1-3H3,(H,22,25). The number of hydrogen-bond acceptors (Lipinski definition) is 4. The molecular formula is C21H26N2O4. The van der Waals surface area contributed by atoms with E-state index < -0.39 is 0 Å². The van der Waals surface area contributed by atoms with Gasteiger partial charge in [-0.15, -0.1) is 0 Å². The number of nitrogens with zero attached hydrogens (tertiary/aromatic N) is 1. The Kier molecular flexibility index (Phi) is 7.67. The summed E-state index contributed by atoms with van der Waals surface area (Å²) in [5.74, 6) is 1.06. The minimum absolute atomic E-state index is 0.0560. The second-order valence-corrected chi connectivity index (χ2v) is 5.97. The molecule has 1 N–H and O–H groups in total. The molecule has 0 unspecified atom stereocenters. The van der Waals surface area contributed by atoms with Crippen molar-refractivity contribution in [3.63, 3.8) is 0 Å². The average molecular weight is 370 g/mol. The van der Waals surface area contributed by atoms with E-state index in [1.54, 1.807) is 36.2 Å². The highest BCUT2D eigenvalue weighted by Crippen LogP contribution is 2.14. The fourth-order valence-corrected chi connectivity index (χ4v) is 2.48. The molecule has 2 amide bonds. The lowest BCUT2D eigenvalue weighted by Gasteiger charge is -2.18. The first-order valence-corrected chi connectivity index (χ1v) is 9.00. The Morgan fingerprint density at radius 2 is 1.41 bits per heavy atom. The molecule has 0 fully saturated rings. The van der Waals surface area contributed by atoms with Crippen LogP contribution in [0.4, 0.5) is 0 Å². The molecule has 0 bridgehead atoms. The smallest absolute Gasteiger partial charge is 0.251 e. The van der Waals surface area contributed by atoms with Crippen molar-refractivity contribution in [2.24, 2.45) is 0 Å². The quantitative estimate of drug-likeness (QED) is 0.737. The lowest BCUT2D eigenvalue weighted by atomic mass is 10.2. The van der Waals surface area contributed by atoms with Crippen molar-refractivity contribution in [3.8, 4) is 11.5 Å². The third-order valence-corrected chi connectivity index (χ3v) is 3.91. The van der Waals surface area contributed by atoms with Gasteiger partial charge in [-0.2, -0.15) is 0 Å². The van der Waals surface area contributed by atoms with Crippen LogP contribution in [0.1, 0.15) is 29.8 Å². The Hall–Kier alpha value is -3.02. The predicted octanol–water partition coefficient (Wildman–Crippen LogP) is 2.87. The summed E-state index contributed by atoms with van der Waals surface area (Å²) in [5.41, 5.74) is 1.48. The van der Waals surface area contributed by atoms with Gasteiger partial charge in [0, 0.05) is 19.2 Å². The van der Waals surface area contributed by atoms with E-state index in [1.165, 1.54) is 0 Å². The summed E-state index contributed by atoms with van der Waals surface area (Å²) in [6.45, 7) is 5.42. The zero-order valence-corrected chi connectivity index (χ0v) is 16.0. The molecule has 0 saturated carbocycles. The van der Waals surface area contributed by atoms with Crippen LogP contribution >= 0.6 is 0 Å². The fourth-order valence-electron chi connectivity index (χ4n) is 2.48. The Bertz CT molecular complexity index is 742. The molecule has 2 aromatic carbocycles. The van der Waals surface area contributed by atoms with Crippen LogP contribution < -0.4 is 14.8 Å². The first-order valence-electron chi connectivity index (χ1n) is 9.00. The van der Waals surface area contributed by atoms with E-state index in [1.807, 2.05) is 38.1 Å². The van der Waals surface area contributed by atoms with E-state index in [0.29, 0.717) is 31.1 Å². The SMILES string of the molecule is CCOc1ccc(CN(C)C(=O)CNC(=O)c2ccc(OCC)cc2)cc1. The maximum absolute atomic E-state index is 12.3. The van der Waals surface area contributed by atoms with Crippen molar-refractivity contribution in [1.82, 2.24) is 10.2 Å². The predicted molar refractivity (Wildman–Crippen MR) is 104 cm³/mol. The summed E-state index contributed by atoms with van der Waals surface area (Å²) >= 11 is 0. The van der Waals surface area contributed by atoms with Crippen LogP contribution in [-0.2, 0) is 11.3 Å². The van der Waals surface area contributed by atoms with Gasteiger partial charge in [0.1, 0.15) is 11.5 Å². The zero-order chi connectivity index (χ0) is 19.6. The normalized spacial score (nSPS) is 10.2. The molecular weight excluding hydrogens is 344 g/mol. The minimum atomic E-state index is -0.291. The maximum Gasteiger partial charge on any atom is 0.251 e. The number of carbonyl (C=O) groups is 2. The van der Waals surface area contributed by atoms with Gasteiger partial charge in [0.2, 0.25) is 5.91 Å². The largest absolute Gasteiger partial charge is 0.494 e. The number of benzene rings is 2. The first kappa shape index (κ1) is 20.3. The van der Waals surface area contributed by atoms with Crippen molar-refractivity contribution in [3.05, 3.63) is 59.7 Å². The summed E-state index contributed by atoms with van der Waals surface area (Å²) in [6.07, 6.45) is 0. The molecule has 27 heavy (non-hydrogen) atoms. The van der Waals surface area contributed by atoms with E-state index in [4.69, 9.17) is 9.47 Å². The zero-order valence-electron chi connectivity index (χ0n) is 16.0. The van der Waals surface area contributed by atoms with Gasteiger partial charge in [0.15, 0.2) is 0 Å². The third-order valence-electron chi connectivity index (χ3n) is 3.91. The van der Waals surface area contributed by atoms with Gasteiger partial charge < -0.3 is 19.7 Å². The van der Waals surface area contributed by atoms with Gasteiger partial charge in [-0.3, -0.25) is 9.59 Å². The van der Waals surface area contributed by atoms with Gasteiger partial charge in [-0.05, 0) is 55.8 Å². The summed E-state index contributed by atoms with van der Waals surface area (Å²) in [5, 5.41) is 2.65. The molecule has 0 aromatic heterocycles. The lowest BCUT2D eigenvalue weighted by molar-refractivity contribution is -0.129. The molecule has 2 aromatic rings. The molecule has 6 heteroatoms. The van der Waals surface area contributed by atoms with Gasteiger partial charge in [-0.1, -0.05) is 12.1 Å². The van der Waals surface area contributed by atoms with Crippen molar-refractivity contribution >= 4 is 11.8 Å². The highest BCUT2D eigenvalue weighted by Gasteiger charge is 2.12. The number of ether oxygens (including phenoxy) is 2. The fraction of sp³-hybridized carbons (Fsp3) is 0.333. The van der Waals surface area contributed by atoms with Crippen LogP contribution in [0.25, 0.3) is 0 Å². The van der Waals surface area contributed by atoms with E-state index >= 15 is 0 Å². The van der Waals surface area contributed by atoms with Gasteiger partial charge >= 0.3 is 0 Å². The number of nitrogens with one attached hydrogen (secondary N) is 1. The molecule has 6 nitrogen and oxygen atoms in total. The number of rotatable bonds is 9. The van der Waals surface area contributed by atoms with E-state index in [9.17, 15) is 9.59 Å². The number of carbonyl (C=O) groups excluding carboxylic acids is 2. The second-order valence-electron chi connectivity index (χ2n) is 5.97. The second kappa shape index (κ2) is 10.2. The van der Waals surface area contributed by atoms with Crippen LogP contribution in [0, 0.1) is 0 Å². The topological polar surface area (TPSA) is 67.9 Å². The molecule has 0 atom stereocenters. The molecule has 0 radical (unpaired) electrons. The Morgan fingerprint density at radius 1 is 0.889 bits per heavy atom. The maximum atomic E-state index is 12.3. The van der Waals surface area contributed by atoms with Crippen LogP contribution in [0.15, 0.2) is 48.5 Å². The average Bonchev–Trinajstić information content (AvgIpc) is 2.68. The molecule has 0 saturated heterocycles. The Labute approximate surface area is 160 Å².